The van der Waals surface area contributed by atoms with Gasteiger partial charge in [0.2, 0.25) is 0 Å². The first kappa shape index (κ1) is 15.1. The molecule has 0 saturated heterocycles. The van der Waals surface area contributed by atoms with Gasteiger partial charge in [-0.05, 0) is 36.4 Å². The average molecular weight is 380 g/mol. The minimum atomic E-state index is -3.64. The lowest BCUT2D eigenvalue weighted by Crippen LogP contribution is -2.22. The molecule has 0 saturated carbocycles. The molecule has 1 heterocycles. The Morgan fingerprint density at radius 3 is 2.50 bits per heavy atom. The van der Waals surface area contributed by atoms with Crippen LogP contribution >= 0.6 is 15.9 Å². The number of anilines is 1. The third kappa shape index (κ3) is 3.15. The highest BCUT2D eigenvalue weighted by atomic mass is 79.9. The maximum absolute atomic E-state index is 12.5. The van der Waals surface area contributed by atoms with Crippen LogP contribution in [0.1, 0.15) is 5.56 Å². The molecule has 2 N–H and O–H groups in total. The molecule has 0 fully saturated rings. The third-order valence-electron chi connectivity index (χ3n) is 3.22. The molecule has 1 aliphatic heterocycles. The molecule has 3 rings (SSSR count). The summed E-state index contributed by atoms with van der Waals surface area (Å²) in [5.41, 5.74) is 1.26. The molecule has 0 amide bonds. The maximum Gasteiger partial charge on any atom is 0.261 e. The fraction of sp³-hybridized carbons (Fsp3) is 0.133. The van der Waals surface area contributed by atoms with E-state index in [0.717, 1.165) is 16.6 Å². The molecule has 0 aliphatic carbocycles. The number of rotatable bonds is 4. The number of nitrogens with zero attached hydrogens (tertiary/aromatic N) is 1. The number of benzene rings is 2. The highest BCUT2D eigenvalue weighted by Gasteiger charge is 2.18. The number of hydrogen-bond acceptors (Lipinski definition) is 4. The fourth-order valence-corrected chi connectivity index (χ4v) is 3.52. The maximum atomic E-state index is 12.5. The van der Waals surface area contributed by atoms with Crippen molar-refractivity contribution in [2.45, 2.75) is 4.90 Å². The molecule has 5 nitrogen and oxygen atoms in total. The van der Waals surface area contributed by atoms with Crippen molar-refractivity contribution in [3.63, 3.8) is 0 Å². The van der Waals surface area contributed by atoms with E-state index in [-0.39, 0.29) is 4.90 Å². The van der Waals surface area contributed by atoms with Crippen molar-refractivity contribution in [1.29, 1.82) is 0 Å². The minimum absolute atomic E-state index is 0.215. The van der Waals surface area contributed by atoms with E-state index in [1.807, 2.05) is 12.1 Å². The molecule has 0 unspecified atom stereocenters. The average Bonchev–Trinajstić information content (AvgIpc) is 3.02. The van der Waals surface area contributed by atoms with E-state index in [9.17, 15) is 8.42 Å². The second-order valence-corrected chi connectivity index (χ2v) is 7.36. The Kier molecular flexibility index (Phi) is 4.17. The van der Waals surface area contributed by atoms with Crippen molar-refractivity contribution in [2.24, 2.45) is 4.99 Å². The van der Waals surface area contributed by atoms with Gasteiger partial charge in [0.15, 0.2) is 0 Å². The zero-order valence-electron chi connectivity index (χ0n) is 11.6. The Morgan fingerprint density at radius 1 is 1.09 bits per heavy atom. The van der Waals surface area contributed by atoms with E-state index in [2.05, 4.69) is 31.0 Å². The van der Waals surface area contributed by atoms with Crippen LogP contribution in [0, 0.1) is 0 Å². The Bertz CT molecular complexity index is 817. The number of sulfonamides is 1. The van der Waals surface area contributed by atoms with Crippen molar-refractivity contribution >= 4 is 37.5 Å². The molecule has 0 bridgehead atoms. The summed E-state index contributed by atoms with van der Waals surface area (Å²) in [6.07, 6.45) is 0. The molecular formula is C15H14BrN3O2S. The summed E-state index contributed by atoms with van der Waals surface area (Å²) in [5.74, 6) is 0.717. The topological polar surface area (TPSA) is 70.6 Å². The highest BCUT2D eigenvalue weighted by Crippen LogP contribution is 2.22. The summed E-state index contributed by atoms with van der Waals surface area (Å²) in [4.78, 5) is 4.56. The SMILES string of the molecule is O=S(=O)(Nc1ccccc1C1=NCCN1)c1ccc(Br)cc1. The van der Waals surface area contributed by atoms with Gasteiger partial charge in [0.05, 0.1) is 17.1 Å². The number of nitrogens with one attached hydrogen (secondary N) is 2. The normalized spacial score (nSPS) is 14.3. The first-order valence-corrected chi connectivity index (χ1v) is 9.00. The van der Waals surface area contributed by atoms with Crippen LogP contribution in [-0.4, -0.2) is 27.3 Å². The van der Waals surface area contributed by atoms with Crippen LogP contribution in [0.2, 0.25) is 0 Å². The van der Waals surface area contributed by atoms with Crippen molar-refractivity contribution in [3.05, 3.63) is 58.6 Å². The zero-order chi connectivity index (χ0) is 15.6. The number of hydrogen-bond donors (Lipinski definition) is 2. The third-order valence-corrected chi connectivity index (χ3v) is 5.13. The molecule has 0 aromatic heterocycles. The summed E-state index contributed by atoms with van der Waals surface area (Å²) in [6, 6.07) is 13.7. The standard InChI is InChI=1S/C15H14BrN3O2S/c16-11-5-7-12(8-6-11)22(20,21)19-14-4-2-1-3-13(14)15-17-9-10-18-15/h1-8,19H,9-10H2,(H,17,18). The molecule has 0 atom stereocenters. The van der Waals surface area contributed by atoms with Crippen LogP contribution in [-0.2, 0) is 10.0 Å². The second kappa shape index (κ2) is 6.10. The van der Waals surface area contributed by atoms with Gasteiger partial charge in [0, 0.05) is 16.6 Å². The van der Waals surface area contributed by atoms with Gasteiger partial charge >= 0.3 is 0 Å². The summed E-state index contributed by atoms with van der Waals surface area (Å²) in [5, 5.41) is 3.16. The van der Waals surface area contributed by atoms with Crippen molar-refractivity contribution in [3.8, 4) is 0 Å². The molecule has 7 heteroatoms. The van der Waals surface area contributed by atoms with Crippen molar-refractivity contribution in [2.75, 3.05) is 17.8 Å². The van der Waals surface area contributed by atoms with Crippen molar-refractivity contribution < 1.29 is 8.42 Å². The van der Waals surface area contributed by atoms with E-state index < -0.39 is 10.0 Å². The molecule has 2 aromatic carbocycles. The molecular weight excluding hydrogens is 366 g/mol. The molecule has 22 heavy (non-hydrogen) atoms. The lowest BCUT2D eigenvalue weighted by molar-refractivity contribution is 0.601. The lowest BCUT2D eigenvalue weighted by atomic mass is 10.1. The van der Waals surface area contributed by atoms with Gasteiger partial charge in [-0.2, -0.15) is 0 Å². The quantitative estimate of drug-likeness (QED) is 0.857. The van der Waals surface area contributed by atoms with Crippen LogP contribution < -0.4 is 10.0 Å². The predicted octanol–water partition coefficient (Wildman–Crippen LogP) is 2.60. The highest BCUT2D eigenvalue weighted by molar-refractivity contribution is 9.10. The summed E-state index contributed by atoms with van der Waals surface area (Å²) in [6.45, 7) is 1.46. The van der Waals surface area contributed by atoms with Crippen LogP contribution in [0.25, 0.3) is 0 Å². The Hall–Kier alpha value is -1.86. The van der Waals surface area contributed by atoms with Gasteiger partial charge in [-0.15, -0.1) is 0 Å². The van der Waals surface area contributed by atoms with Gasteiger partial charge in [-0.25, -0.2) is 8.42 Å². The van der Waals surface area contributed by atoms with E-state index in [0.29, 0.717) is 18.1 Å². The number of amidine groups is 1. The Balaban J connectivity index is 1.94. The molecule has 0 radical (unpaired) electrons. The molecule has 1 aliphatic rings. The van der Waals surface area contributed by atoms with Crippen LogP contribution in [0.3, 0.4) is 0 Å². The van der Waals surface area contributed by atoms with Gasteiger partial charge in [-0.1, -0.05) is 28.1 Å². The van der Waals surface area contributed by atoms with E-state index >= 15 is 0 Å². The first-order valence-electron chi connectivity index (χ1n) is 6.72. The predicted molar refractivity (Wildman–Crippen MR) is 90.8 cm³/mol. The molecule has 0 spiro atoms. The monoisotopic (exact) mass is 379 g/mol. The largest absolute Gasteiger partial charge is 0.368 e. The van der Waals surface area contributed by atoms with E-state index in [1.54, 1.807) is 36.4 Å². The second-order valence-electron chi connectivity index (χ2n) is 4.76. The van der Waals surface area contributed by atoms with Crippen LogP contribution in [0.15, 0.2) is 62.9 Å². The van der Waals surface area contributed by atoms with Gasteiger partial charge in [0.1, 0.15) is 5.84 Å². The van der Waals surface area contributed by atoms with Crippen LogP contribution in [0.5, 0.6) is 0 Å². The summed E-state index contributed by atoms with van der Waals surface area (Å²) < 4.78 is 28.5. The van der Waals surface area contributed by atoms with Gasteiger partial charge in [-0.3, -0.25) is 9.71 Å². The van der Waals surface area contributed by atoms with E-state index in [1.165, 1.54) is 0 Å². The lowest BCUT2D eigenvalue weighted by Gasteiger charge is -2.13. The van der Waals surface area contributed by atoms with E-state index in [4.69, 9.17) is 0 Å². The zero-order valence-corrected chi connectivity index (χ0v) is 14.0. The summed E-state index contributed by atoms with van der Waals surface area (Å²) in [7, 11) is -3.64. The number of aliphatic imine (C=N–C) groups is 1. The fourth-order valence-electron chi connectivity index (χ4n) is 2.17. The smallest absolute Gasteiger partial charge is 0.261 e. The Morgan fingerprint density at radius 2 is 1.82 bits per heavy atom. The first-order chi connectivity index (χ1) is 10.6. The van der Waals surface area contributed by atoms with Crippen LogP contribution in [0.4, 0.5) is 5.69 Å². The number of para-hydroxylation sites is 1. The van der Waals surface area contributed by atoms with Gasteiger partial charge < -0.3 is 5.32 Å². The van der Waals surface area contributed by atoms with Crippen molar-refractivity contribution in [1.82, 2.24) is 5.32 Å². The van der Waals surface area contributed by atoms with Gasteiger partial charge in [0.25, 0.3) is 10.0 Å². The molecule has 114 valence electrons. The summed E-state index contributed by atoms with van der Waals surface area (Å²) >= 11 is 3.30. The Labute approximate surface area is 137 Å². The molecule has 2 aromatic rings. The minimum Gasteiger partial charge on any atom is -0.368 e. The number of halogens is 1.